The molecule has 31 heavy (non-hydrogen) atoms. The van der Waals surface area contributed by atoms with E-state index in [9.17, 15) is 4.79 Å². The van der Waals surface area contributed by atoms with Gasteiger partial charge in [0.05, 0.1) is 11.3 Å². The Morgan fingerprint density at radius 3 is 2.55 bits per heavy atom. The highest BCUT2D eigenvalue weighted by molar-refractivity contribution is 6.06. The van der Waals surface area contributed by atoms with Crippen molar-refractivity contribution < 1.29 is 9.21 Å². The number of anilines is 1. The molecule has 0 aliphatic carbocycles. The van der Waals surface area contributed by atoms with Crippen LogP contribution in [0.2, 0.25) is 0 Å². The SMILES string of the molecule is Cc1ccc(C=CC(=O)Nc2ccccc2-c2nc3c(ccc4ccccc43)o2)cc1. The van der Waals surface area contributed by atoms with Crippen molar-refractivity contribution in [1.82, 2.24) is 4.98 Å². The molecular weight excluding hydrogens is 384 g/mol. The van der Waals surface area contributed by atoms with Gasteiger partial charge in [-0.2, -0.15) is 0 Å². The molecule has 0 fully saturated rings. The number of fused-ring (bicyclic) bond motifs is 3. The standard InChI is InChI=1S/C27H20N2O2/c1-18-10-12-19(13-11-18)14-17-25(30)28-23-9-5-4-8-22(23)27-29-26-21-7-3-2-6-20(21)15-16-24(26)31-27/h2-17H,1H3,(H,28,30). The van der Waals surface area contributed by atoms with Crippen molar-refractivity contribution in [2.24, 2.45) is 0 Å². The van der Waals surface area contributed by atoms with E-state index in [1.807, 2.05) is 85.8 Å². The molecule has 4 nitrogen and oxygen atoms in total. The highest BCUT2D eigenvalue weighted by atomic mass is 16.3. The van der Waals surface area contributed by atoms with Gasteiger partial charge in [-0.25, -0.2) is 4.98 Å². The average molecular weight is 404 g/mol. The van der Waals surface area contributed by atoms with Crippen molar-refractivity contribution in [3.05, 3.63) is 102 Å². The lowest BCUT2D eigenvalue weighted by Gasteiger charge is -2.06. The van der Waals surface area contributed by atoms with Crippen LogP contribution in [0, 0.1) is 6.92 Å². The summed E-state index contributed by atoms with van der Waals surface area (Å²) in [5.74, 6) is 0.263. The number of rotatable bonds is 4. The van der Waals surface area contributed by atoms with E-state index in [0.717, 1.165) is 27.4 Å². The summed E-state index contributed by atoms with van der Waals surface area (Å²) < 4.78 is 6.04. The molecule has 0 saturated heterocycles. The van der Waals surface area contributed by atoms with Crippen molar-refractivity contribution in [2.75, 3.05) is 5.32 Å². The molecule has 4 aromatic carbocycles. The predicted molar refractivity (Wildman–Crippen MR) is 126 cm³/mol. The smallest absolute Gasteiger partial charge is 0.248 e. The minimum atomic E-state index is -0.213. The summed E-state index contributed by atoms with van der Waals surface area (Å²) in [5, 5.41) is 5.09. The van der Waals surface area contributed by atoms with Crippen molar-refractivity contribution in [2.45, 2.75) is 6.92 Å². The summed E-state index contributed by atoms with van der Waals surface area (Å²) in [4.78, 5) is 17.3. The fourth-order valence-corrected chi connectivity index (χ4v) is 3.58. The number of carbonyl (C=O) groups excluding carboxylic acids is 1. The number of aryl methyl sites for hydroxylation is 1. The second-order valence-electron chi connectivity index (χ2n) is 7.43. The molecule has 4 heteroatoms. The van der Waals surface area contributed by atoms with Gasteiger partial charge >= 0.3 is 0 Å². The molecule has 1 N–H and O–H groups in total. The number of amides is 1. The number of para-hydroxylation sites is 1. The number of aromatic nitrogens is 1. The normalized spacial score (nSPS) is 11.4. The van der Waals surface area contributed by atoms with Crippen LogP contribution in [-0.2, 0) is 4.79 Å². The van der Waals surface area contributed by atoms with Crippen LogP contribution in [-0.4, -0.2) is 10.9 Å². The van der Waals surface area contributed by atoms with Gasteiger partial charge in [0.2, 0.25) is 11.8 Å². The number of benzene rings is 4. The van der Waals surface area contributed by atoms with Crippen molar-refractivity contribution in [3.63, 3.8) is 0 Å². The van der Waals surface area contributed by atoms with Gasteiger partial charge in [-0.15, -0.1) is 0 Å². The Hall–Kier alpha value is -4.18. The second-order valence-corrected chi connectivity index (χ2v) is 7.43. The van der Waals surface area contributed by atoms with Gasteiger partial charge in [-0.1, -0.05) is 72.3 Å². The molecular formula is C27H20N2O2. The predicted octanol–water partition coefficient (Wildman–Crippen LogP) is 6.61. The molecule has 0 spiro atoms. The molecule has 0 unspecified atom stereocenters. The minimum absolute atomic E-state index is 0.213. The Morgan fingerprint density at radius 2 is 1.68 bits per heavy atom. The van der Waals surface area contributed by atoms with E-state index in [2.05, 4.69) is 11.4 Å². The van der Waals surface area contributed by atoms with Gasteiger partial charge in [0.15, 0.2) is 5.58 Å². The van der Waals surface area contributed by atoms with Crippen molar-refractivity contribution in [3.8, 4) is 11.5 Å². The average Bonchev–Trinajstić information content (AvgIpc) is 3.24. The second kappa shape index (κ2) is 7.92. The topological polar surface area (TPSA) is 55.1 Å². The maximum absolute atomic E-state index is 12.5. The van der Waals surface area contributed by atoms with Crippen LogP contribution in [0.4, 0.5) is 5.69 Å². The van der Waals surface area contributed by atoms with E-state index in [1.54, 1.807) is 6.08 Å². The third-order valence-electron chi connectivity index (χ3n) is 5.20. The molecule has 0 atom stereocenters. The summed E-state index contributed by atoms with van der Waals surface area (Å²) in [6.07, 6.45) is 3.32. The summed E-state index contributed by atoms with van der Waals surface area (Å²) in [7, 11) is 0. The zero-order valence-electron chi connectivity index (χ0n) is 17.0. The summed E-state index contributed by atoms with van der Waals surface area (Å²) in [5.41, 5.74) is 5.07. The van der Waals surface area contributed by atoms with Gasteiger partial charge < -0.3 is 9.73 Å². The van der Waals surface area contributed by atoms with Gasteiger partial charge in [0, 0.05) is 11.5 Å². The van der Waals surface area contributed by atoms with E-state index >= 15 is 0 Å². The highest BCUT2D eigenvalue weighted by Crippen LogP contribution is 2.33. The van der Waals surface area contributed by atoms with Crippen LogP contribution in [0.25, 0.3) is 39.4 Å². The Bertz CT molecular complexity index is 1430. The number of oxazole rings is 1. The Balaban J connectivity index is 1.46. The molecule has 150 valence electrons. The molecule has 0 aliphatic rings. The number of carbonyl (C=O) groups is 1. The van der Waals surface area contributed by atoms with E-state index in [4.69, 9.17) is 9.40 Å². The van der Waals surface area contributed by atoms with E-state index in [0.29, 0.717) is 17.2 Å². The Kier molecular flexibility index (Phi) is 4.81. The molecule has 5 aromatic rings. The zero-order valence-corrected chi connectivity index (χ0v) is 17.0. The fourth-order valence-electron chi connectivity index (χ4n) is 3.58. The first-order chi connectivity index (χ1) is 15.2. The van der Waals surface area contributed by atoms with Crippen molar-refractivity contribution >= 4 is 39.5 Å². The first kappa shape index (κ1) is 18.8. The summed E-state index contributed by atoms with van der Waals surface area (Å²) in [6.45, 7) is 2.03. The number of hydrogen-bond acceptors (Lipinski definition) is 3. The lowest BCUT2D eigenvalue weighted by molar-refractivity contribution is -0.111. The van der Waals surface area contributed by atoms with E-state index in [1.165, 1.54) is 11.6 Å². The molecule has 0 aliphatic heterocycles. The number of nitrogens with one attached hydrogen (secondary N) is 1. The third kappa shape index (κ3) is 3.83. The third-order valence-corrected chi connectivity index (χ3v) is 5.20. The lowest BCUT2D eigenvalue weighted by atomic mass is 10.1. The van der Waals surface area contributed by atoms with Crippen LogP contribution in [0.1, 0.15) is 11.1 Å². The molecule has 0 saturated carbocycles. The minimum Gasteiger partial charge on any atom is -0.436 e. The first-order valence-electron chi connectivity index (χ1n) is 10.1. The van der Waals surface area contributed by atoms with E-state index in [-0.39, 0.29) is 5.91 Å². The monoisotopic (exact) mass is 404 g/mol. The van der Waals surface area contributed by atoms with Crippen LogP contribution in [0.5, 0.6) is 0 Å². The van der Waals surface area contributed by atoms with Gasteiger partial charge in [-0.05, 0) is 42.1 Å². The van der Waals surface area contributed by atoms with Crippen molar-refractivity contribution in [1.29, 1.82) is 0 Å². The fraction of sp³-hybridized carbons (Fsp3) is 0.0370. The van der Waals surface area contributed by atoms with Crippen LogP contribution in [0.3, 0.4) is 0 Å². The molecule has 5 rings (SSSR count). The first-order valence-corrected chi connectivity index (χ1v) is 10.1. The van der Waals surface area contributed by atoms with Gasteiger partial charge in [0.25, 0.3) is 0 Å². The Morgan fingerprint density at radius 1 is 0.903 bits per heavy atom. The van der Waals surface area contributed by atoms with Gasteiger partial charge in [0.1, 0.15) is 5.52 Å². The summed E-state index contributed by atoms with van der Waals surface area (Å²) >= 11 is 0. The van der Waals surface area contributed by atoms with Crippen LogP contribution < -0.4 is 5.32 Å². The molecule has 1 amide bonds. The molecule has 0 radical (unpaired) electrons. The van der Waals surface area contributed by atoms with E-state index < -0.39 is 0 Å². The lowest BCUT2D eigenvalue weighted by Crippen LogP contribution is -2.08. The molecule has 1 aromatic heterocycles. The number of nitrogens with zero attached hydrogens (tertiary/aromatic N) is 1. The van der Waals surface area contributed by atoms with Crippen LogP contribution >= 0.6 is 0 Å². The zero-order chi connectivity index (χ0) is 21.2. The Labute approximate surface area is 179 Å². The van der Waals surface area contributed by atoms with Gasteiger partial charge in [-0.3, -0.25) is 4.79 Å². The summed E-state index contributed by atoms with van der Waals surface area (Å²) in [6, 6.07) is 27.6. The molecule has 0 bridgehead atoms. The maximum Gasteiger partial charge on any atom is 0.248 e. The number of hydrogen-bond donors (Lipinski definition) is 1. The maximum atomic E-state index is 12.5. The van der Waals surface area contributed by atoms with Crippen LogP contribution in [0.15, 0.2) is 95.4 Å². The highest BCUT2D eigenvalue weighted by Gasteiger charge is 2.14. The molecule has 1 heterocycles. The quantitative estimate of drug-likeness (QED) is 0.343. The largest absolute Gasteiger partial charge is 0.436 e.